The molecule has 0 rings (SSSR count). The van der Waals surface area contributed by atoms with Gasteiger partial charge in [0.15, 0.2) is 0 Å². The van der Waals surface area contributed by atoms with Gasteiger partial charge >= 0.3 is 5.97 Å². The average Bonchev–Trinajstić information content (AvgIpc) is 3.10. The largest absolute Gasteiger partial charge is 0.463 e. The molecule has 1 atom stereocenters. The second kappa shape index (κ2) is 42.2. The summed E-state index contributed by atoms with van der Waals surface area (Å²) < 4.78 is 65.5. The molecule has 288 valence electrons. The van der Waals surface area contributed by atoms with E-state index in [1.165, 1.54) is 12.8 Å². The second-order valence-electron chi connectivity index (χ2n) is 10.9. The zero-order valence-electron chi connectivity index (χ0n) is 30.6. The van der Waals surface area contributed by atoms with Gasteiger partial charge in [0, 0.05) is 6.61 Å². The average molecular weight is 699 g/mol. The molecule has 0 saturated carbocycles. The van der Waals surface area contributed by atoms with Crippen LogP contribution in [0.2, 0.25) is 0 Å². The van der Waals surface area contributed by atoms with Crippen molar-refractivity contribution in [1.29, 1.82) is 0 Å². The molecule has 0 N–H and O–H groups in total. The van der Waals surface area contributed by atoms with Crippen LogP contribution in [0.4, 0.5) is 0 Å². The number of carbonyl (C=O) groups excluding carboxylic acids is 1. The molecule has 0 radical (unpaired) electrons. The lowest BCUT2D eigenvalue weighted by Crippen LogP contribution is -2.20. The maximum Gasteiger partial charge on any atom is 0.308 e. The quantitative estimate of drug-likeness (QED) is 0.0671. The SMILES string of the molecule is CCCCCOCCOCCOCCOCCOCCOCCOCCOCCOCCOCCOCCOC(=O)C(CC)CCCC. The van der Waals surface area contributed by atoms with Crippen molar-refractivity contribution in [2.75, 3.05) is 152 Å². The normalized spacial score (nSPS) is 12.1. The highest BCUT2D eigenvalue weighted by Crippen LogP contribution is 2.14. The molecule has 0 aliphatic heterocycles. The Hall–Kier alpha value is -0.970. The van der Waals surface area contributed by atoms with Gasteiger partial charge < -0.3 is 56.8 Å². The van der Waals surface area contributed by atoms with Crippen molar-refractivity contribution in [1.82, 2.24) is 0 Å². The lowest BCUT2D eigenvalue weighted by Gasteiger charge is -2.13. The van der Waals surface area contributed by atoms with Gasteiger partial charge in [-0.25, -0.2) is 0 Å². The molecular weight excluding hydrogens is 628 g/mol. The van der Waals surface area contributed by atoms with E-state index in [0.29, 0.717) is 139 Å². The Kier molecular flexibility index (Phi) is 41.3. The molecule has 0 aromatic rings. The number of ether oxygens (including phenoxy) is 12. The van der Waals surface area contributed by atoms with Crippen LogP contribution < -0.4 is 0 Å². The van der Waals surface area contributed by atoms with Gasteiger partial charge in [-0.15, -0.1) is 0 Å². The monoisotopic (exact) mass is 698 g/mol. The molecule has 13 nitrogen and oxygen atoms in total. The maximum atomic E-state index is 12.0. The number of hydrogen-bond acceptors (Lipinski definition) is 13. The first kappa shape index (κ1) is 47.0. The van der Waals surface area contributed by atoms with E-state index in [2.05, 4.69) is 13.8 Å². The molecule has 13 heteroatoms. The first-order valence-corrected chi connectivity index (χ1v) is 18.3. The third-order valence-corrected chi connectivity index (χ3v) is 6.82. The highest BCUT2D eigenvalue weighted by Gasteiger charge is 2.16. The molecule has 0 aromatic heterocycles. The smallest absolute Gasteiger partial charge is 0.308 e. The summed E-state index contributed by atoms with van der Waals surface area (Å²) in [6, 6.07) is 0. The molecule has 0 fully saturated rings. The fraction of sp³-hybridized carbons (Fsp3) is 0.971. The molecular formula is C35H70O13. The van der Waals surface area contributed by atoms with Crippen molar-refractivity contribution >= 4 is 5.97 Å². The Bertz CT molecular complexity index is 615. The Morgan fingerprint density at radius 1 is 0.354 bits per heavy atom. The molecule has 0 aliphatic carbocycles. The van der Waals surface area contributed by atoms with Crippen LogP contribution in [0.15, 0.2) is 0 Å². The molecule has 0 bridgehead atoms. The van der Waals surface area contributed by atoms with Crippen LogP contribution >= 0.6 is 0 Å². The summed E-state index contributed by atoms with van der Waals surface area (Å²) in [6.07, 6.45) is 7.38. The molecule has 0 amide bonds. The Labute approximate surface area is 291 Å². The van der Waals surface area contributed by atoms with Crippen molar-refractivity contribution in [3.63, 3.8) is 0 Å². The third kappa shape index (κ3) is 37.8. The Morgan fingerprint density at radius 2 is 0.625 bits per heavy atom. The number of hydrogen-bond donors (Lipinski definition) is 0. The van der Waals surface area contributed by atoms with Gasteiger partial charge in [0.1, 0.15) is 6.61 Å². The van der Waals surface area contributed by atoms with Crippen LogP contribution in [0.1, 0.15) is 65.7 Å². The van der Waals surface area contributed by atoms with E-state index < -0.39 is 0 Å². The molecule has 1 unspecified atom stereocenters. The number of esters is 1. The third-order valence-electron chi connectivity index (χ3n) is 6.82. The summed E-state index contributed by atoms with van der Waals surface area (Å²) in [5, 5.41) is 0. The molecule has 0 aromatic carbocycles. The van der Waals surface area contributed by atoms with Crippen molar-refractivity contribution in [2.45, 2.75) is 65.7 Å². The predicted octanol–water partition coefficient (Wildman–Crippen LogP) is 4.12. The van der Waals surface area contributed by atoms with Crippen LogP contribution in [0.3, 0.4) is 0 Å². The van der Waals surface area contributed by atoms with E-state index in [-0.39, 0.29) is 18.5 Å². The van der Waals surface area contributed by atoms with Gasteiger partial charge in [0.25, 0.3) is 0 Å². The Morgan fingerprint density at radius 3 is 0.896 bits per heavy atom. The van der Waals surface area contributed by atoms with Gasteiger partial charge in [-0.3, -0.25) is 4.79 Å². The predicted molar refractivity (Wildman–Crippen MR) is 183 cm³/mol. The van der Waals surface area contributed by atoms with Crippen LogP contribution in [0.5, 0.6) is 0 Å². The van der Waals surface area contributed by atoms with Gasteiger partial charge in [-0.1, -0.05) is 46.5 Å². The summed E-state index contributed by atoms with van der Waals surface area (Å²) in [5.74, 6) is -0.121. The van der Waals surface area contributed by atoms with Gasteiger partial charge in [0.05, 0.1) is 145 Å². The van der Waals surface area contributed by atoms with Crippen LogP contribution in [-0.4, -0.2) is 158 Å². The van der Waals surface area contributed by atoms with Crippen molar-refractivity contribution in [2.24, 2.45) is 5.92 Å². The lowest BCUT2D eigenvalue weighted by molar-refractivity contribution is -0.150. The molecule has 48 heavy (non-hydrogen) atoms. The minimum absolute atomic E-state index is 0.00252. The number of unbranched alkanes of at least 4 members (excludes halogenated alkanes) is 3. The first-order chi connectivity index (χ1) is 23.8. The highest BCUT2D eigenvalue weighted by atomic mass is 16.6. The van der Waals surface area contributed by atoms with E-state index in [0.717, 1.165) is 38.7 Å². The standard InChI is InChI=1S/C35H70O13/c1-4-7-9-11-37-12-13-38-14-15-39-16-17-40-18-19-41-20-21-42-22-23-43-24-25-44-26-27-45-28-29-46-30-31-47-32-33-48-35(36)34(6-3)10-8-5-2/h34H,4-33H2,1-3H3. The van der Waals surface area contributed by atoms with E-state index in [1.807, 2.05) is 6.92 Å². The number of carbonyl (C=O) groups is 1. The minimum atomic E-state index is -0.119. The van der Waals surface area contributed by atoms with Gasteiger partial charge in [-0.05, 0) is 19.3 Å². The van der Waals surface area contributed by atoms with E-state index in [1.54, 1.807) is 0 Å². The minimum Gasteiger partial charge on any atom is -0.463 e. The van der Waals surface area contributed by atoms with Crippen LogP contribution in [0.25, 0.3) is 0 Å². The molecule has 0 saturated heterocycles. The second-order valence-corrected chi connectivity index (χ2v) is 10.9. The summed E-state index contributed by atoms with van der Waals surface area (Å²) >= 11 is 0. The fourth-order valence-corrected chi connectivity index (χ4v) is 4.01. The van der Waals surface area contributed by atoms with Crippen LogP contribution in [0, 0.1) is 5.92 Å². The zero-order chi connectivity index (χ0) is 34.9. The van der Waals surface area contributed by atoms with Crippen molar-refractivity contribution in [3.8, 4) is 0 Å². The summed E-state index contributed by atoms with van der Waals surface area (Å²) in [7, 11) is 0. The zero-order valence-corrected chi connectivity index (χ0v) is 30.6. The lowest BCUT2D eigenvalue weighted by atomic mass is 10.00. The summed E-state index contributed by atoms with van der Waals surface area (Å²) in [6.45, 7) is 18.2. The first-order valence-electron chi connectivity index (χ1n) is 18.3. The van der Waals surface area contributed by atoms with E-state index in [9.17, 15) is 4.79 Å². The molecule has 0 aliphatic rings. The highest BCUT2D eigenvalue weighted by molar-refractivity contribution is 5.72. The van der Waals surface area contributed by atoms with E-state index >= 15 is 0 Å². The fourth-order valence-electron chi connectivity index (χ4n) is 4.01. The Balaban J connectivity index is 3.13. The molecule has 0 spiro atoms. The number of rotatable bonds is 42. The maximum absolute atomic E-state index is 12.0. The topological polar surface area (TPSA) is 128 Å². The van der Waals surface area contributed by atoms with Crippen molar-refractivity contribution < 1.29 is 61.6 Å². The summed E-state index contributed by atoms with van der Waals surface area (Å²) in [5.41, 5.74) is 0. The molecule has 0 heterocycles. The van der Waals surface area contributed by atoms with Gasteiger partial charge in [-0.2, -0.15) is 0 Å². The van der Waals surface area contributed by atoms with E-state index in [4.69, 9.17) is 56.8 Å². The van der Waals surface area contributed by atoms with Crippen LogP contribution in [-0.2, 0) is 61.6 Å². The van der Waals surface area contributed by atoms with Gasteiger partial charge in [0.2, 0.25) is 0 Å². The summed E-state index contributed by atoms with van der Waals surface area (Å²) in [4.78, 5) is 12.0. The van der Waals surface area contributed by atoms with Crippen molar-refractivity contribution in [3.05, 3.63) is 0 Å².